The lowest BCUT2D eigenvalue weighted by Crippen LogP contribution is -2.35. The molecular formula is C17H16F3N7O3S. The Balaban J connectivity index is 2.31. The van der Waals surface area contributed by atoms with Crippen molar-refractivity contribution in [1.82, 2.24) is 15.4 Å². The molecule has 1 aromatic heterocycles. The lowest BCUT2D eigenvalue weighted by Gasteiger charge is -2.20. The zero-order valence-electron chi connectivity index (χ0n) is 15.5. The molecule has 3 aromatic rings. The molecule has 0 bridgehead atoms. The molecule has 0 fully saturated rings. The van der Waals surface area contributed by atoms with E-state index in [0.29, 0.717) is 22.9 Å². The molecule has 0 saturated heterocycles. The third-order valence-electron chi connectivity index (χ3n) is 4.35. The SMILES string of the molecule is N/N=C(\NN)c1c(-c2ccc(-c3c[nH]c(=O)[nH]3)cc2)ccc(C(F)(F)F)c1S(N)(=O)=O. The number of nitrogens with zero attached hydrogens (tertiary/aromatic N) is 1. The maximum atomic E-state index is 13.5. The summed E-state index contributed by atoms with van der Waals surface area (Å²) >= 11 is 0. The number of hydrazone groups is 1. The van der Waals surface area contributed by atoms with E-state index in [1.807, 2.05) is 5.43 Å². The number of primary sulfonamides is 1. The van der Waals surface area contributed by atoms with Gasteiger partial charge in [-0.05, 0) is 22.8 Å². The van der Waals surface area contributed by atoms with Crippen LogP contribution in [-0.4, -0.2) is 24.2 Å². The number of hydrazine groups is 1. The third-order valence-corrected chi connectivity index (χ3v) is 5.35. The molecule has 14 heteroatoms. The topological polar surface area (TPSA) is 185 Å². The summed E-state index contributed by atoms with van der Waals surface area (Å²) in [5, 5.41) is 8.40. The van der Waals surface area contributed by atoms with E-state index in [0.717, 1.165) is 6.07 Å². The number of nitrogens with one attached hydrogen (secondary N) is 3. The zero-order valence-corrected chi connectivity index (χ0v) is 16.3. The van der Waals surface area contributed by atoms with Crippen LogP contribution >= 0.6 is 0 Å². The van der Waals surface area contributed by atoms with Gasteiger partial charge in [0.1, 0.15) is 4.90 Å². The molecule has 0 spiro atoms. The summed E-state index contributed by atoms with van der Waals surface area (Å²) in [5.41, 5.74) is 0.953. The van der Waals surface area contributed by atoms with Gasteiger partial charge in [-0.3, -0.25) is 0 Å². The van der Waals surface area contributed by atoms with E-state index in [1.165, 1.54) is 18.3 Å². The largest absolute Gasteiger partial charge is 0.417 e. The highest BCUT2D eigenvalue weighted by molar-refractivity contribution is 7.89. The van der Waals surface area contributed by atoms with Crippen LogP contribution in [0.3, 0.4) is 0 Å². The average molecular weight is 455 g/mol. The molecule has 31 heavy (non-hydrogen) atoms. The first kappa shape index (κ1) is 22.1. The van der Waals surface area contributed by atoms with Gasteiger partial charge in [0, 0.05) is 11.8 Å². The number of hydrogen-bond acceptors (Lipinski definition) is 6. The highest BCUT2D eigenvalue weighted by Gasteiger charge is 2.39. The van der Waals surface area contributed by atoms with Crippen molar-refractivity contribution >= 4 is 15.9 Å². The fraction of sp³-hybridized carbons (Fsp3) is 0.0588. The molecule has 3 rings (SSSR count). The molecule has 10 nitrogen and oxygen atoms in total. The van der Waals surface area contributed by atoms with Crippen LogP contribution < -0.4 is 27.9 Å². The molecule has 0 radical (unpaired) electrons. The second kappa shape index (κ2) is 7.90. The molecule has 0 unspecified atom stereocenters. The zero-order chi connectivity index (χ0) is 23.0. The van der Waals surface area contributed by atoms with E-state index in [2.05, 4.69) is 15.1 Å². The van der Waals surface area contributed by atoms with Gasteiger partial charge in [0.25, 0.3) is 0 Å². The van der Waals surface area contributed by atoms with Crippen molar-refractivity contribution in [2.75, 3.05) is 0 Å². The Kier molecular flexibility index (Phi) is 5.62. The predicted octanol–water partition coefficient (Wildman–Crippen LogP) is 0.787. The standard InChI is InChI=1S/C17H16F3N7O3S/c18-17(19,20)11-6-5-10(13(15(26-21)27-22)14(11)31(23,29)30)8-1-3-9(4-2-8)12-7-24-16(28)25-12/h1-7H,21-22H2,(H,26,27)(H2,23,29,30)(H2,24,25,28). The van der Waals surface area contributed by atoms with E-state index >= 15 is 0 Å². The fourth-order valence-electron chi connectivity index (χ4n) is 3.07. The molecule has 9 N–H and O–H groups in total. The van der Waals surface area contributed by atoms with Crippen LogP contribution in [-0.2, 0) is 16.2 Å². The molecule has 0 aliphatic rings. The monoisotopic (exact) mass is 455 g/mol. The Bertz CT molecular complexity index is 1310. The maximum absolute atomic E-state index is 13.5. The summed E-state index contributed by atoms with van der Waals surface area (Å²) in [6.07, 6.45) is -3.59. The molecule has 0 aliphatic heterocycles. The van der Waals surface area contributed by atoms with Crippen LogP contribution in [0.25, 0.3) is 22.4 Å². The van der Waals surface area contributed by atoms with Gasteiger partial charge in [0.2, 0.25) is 10.0 Å². The second-order valence-electron chi connectivity index (χ2n) is 6.26. The van der Waals surface area contributed by atoms with E-state index in [-0.39, 0.29) is 5.56 Å². The average Bonchev–Trinajstić information content (AvgIpc) is 3.13. The fourth-order valence-corrected chi connectivity index (χ4v) is 4.05. The molecule has 2 aromatic carbocycles. The molecule has 164 valence electrons. The number of H-pyrrole nitrogens is 2. The number of imidazole rings is 1. The molecule has 0 saturated carbocycles. The van der Waals surface area contributed by atoms with Crippen molar-refractivity contribution < 1.29 is 21.6 Å². The van der Waals surface area contributed by atoms with Gasteiger partial charge >= 0.3 is 11.9 Å². The van der Waals surface area contributed by atoms with Crippen LogP contribution in [0.5, 0.6) is 0 Å². The van der Waals surface area contributed by atoms with Crippen LogP contribution in [0.1, 0.15) is 11.1 Å². The summed E-state index contributed by atoms with van der Waals surface area (Å²) in [6, 6.07) is 7.81. The van der Waals surface area contributed by atoms with Crippen molar-refractivity contribution in [3.63, 3.8) is 0 Å². The van der Waals surface area contributed by atoms with E-state index in [1.54, 1.807) is 12.1 Å². The second-order valence-corrected chi connectivity index (χ2v) is 7.76. The third kappa shape index (κ3) is 4.30. The van der Waals surface area contributed by atoms with Gasteiger partial charge in [-0.2, -0.15) is 18.3 Å². The number of alkyl halides is 3. The number of nitrogens with two attached hydrogens (primary N) is 3. The molecular weight excluding hydrogens is 439 g/mol. The van der Waals surface area contributed by atoms with Gasteiger partial charge in [-0.15, -0.1) is 0 Å². The number of aromatic amines is 2. The Hall–Kier alpha value is -3.62. The molecule has 1 heterocycles. The molecule has 0 amide bonds. The van der Waals surface area contributed by atoms with Crippen molar-refractivity contribution in [3.05, 3.63) is 64.2 Å². The van der Waals surface area contributed by atoms with Crippen molar-refractivity contribution in [3.8, 4) is 22.4 Å². The Morgan fingerprint density at radius 3 is 2.13 bits per heavy atom. The number of aromatic nitrogens is 2. The smallest absolute Gasteiger partial charge is 0.321 e. The lowest BCUT2D eigenvalue weighted by atomic mass is 9.95. The number of sulfonamides is 1. The van der Waals surface area contributed by atoms with Crippen molar-refractivity contribution in [2.24, 2.45) is 21.9 Å². The van der Waals surface area contributed by atoms with E-state index < -0.39 is 43.7 Å². The number of amidine groups is 1. The highest BCUT2D eigenvalue weighted by Crippen LogP contribution is 2.39. The summed E-state index contributed by atoms with van der Waals surface area (Å²) < 4.78 is 64.9. The highest BCUT2D eigenvalue weighted by atomic mass is 32.2. The minimum Gasteiger partial charge on any atom is -0.321 e. The first-order valence-corrected chi connectivity index (χ1v) is 9.92. The molecule has 0 atom stereocenters. The van der Waals surface area contributed by atoms with Gasteiger partial charge < -0.3 is 21.2 Å². The lowest BCUT2D eigenvalue weighted by molar-refractivity contribution is -0.139. The minimum absolute atomic E-state index is 0.0216. The van der Waals surface area contributed by atoms with Gasteiger partial charge in [-0.25, -0.2) is 24.2 Å². The molecule has 0 aliphatic carbocycles. The summed E-state index contributed by atoms with van der Waals surface area (Å²) in [7, 11) is -4.89. The Morgan fingerprint density at radius 1 is 1.06 bits per heavy atom. The first-order chi connectivity index (χ1) is 14.5. The predicted molar refractivity (Wildman–Crippen MR) is 107 cm³/mol. The normalized spacial score (nSPS) is 12.7. The van der Waals surface area contributed by atoms with Crippen molar-refractivity contribution in [1.29, 1.82) is 0 Å². The van der Waals surface area contributed by atoms with Crippen LogP contribution in [0.2, 0.25) is 0 Å². The number of halogens is 3. The van der Waals surface area contributed by atoms with Gasteiger partial charge in [0.15, 0.2) is 5.84 Å². The quantitative estimate of drug-likeness (QED) is 0.146. The Labute approximate surface area is 173 Å². The maximum Gasteiger partial charge on any atom is 0.417 e. The summed E-state index contributed by atoms with van der Waals surface area (Å²) in [6.45, 7) is 0. The van der Waals surface area contributed by atoms with Crippen LogP contribution in [0.4, 0.5) is 13.2 Å². The Morgan fingerprint density at radius 2 is 1.68 bits per heavy atom. The van der Waals surface area contributed by atoms with Crippen LogP contribution in [0.15, 0.2) is 57.4 Å². The van der Waals surface area contributed by atoms with Crippen molar-refractivity contribution in [2.45, 2.75) is 11.1 Å². The van der Waals surface area contributed by atoms with E-state index in [4.69, 9.17) is 16.8 Å². The van der Waals surface area contributed by atoms with Crippen LogP contribution in [0, 0.1) is 0 Å². The first-order valence-electron chi connectivity index (χ1n) is 8.37. The summed E-state index contributed by atoms with van der Waals surface area (Å²) in [5.74, 6) is 10.0. The number of hydrogen-bond donors (Lipinski definition) is 6. The van der Waals surface area contributed by atoms with Gasteiger partial charge in [-0.1, -0.05) is 30.3 Å². The van der Waals surface area contributed by atoms with E-state index in [9.17, 15) is 26.4 Å². The number of benzene rings is 2. The minimum atomic E-state index is -5.03. The van der Waals surface area contributed by atoms with Gasteiger partial charge in [0.05, 0.1) is 11.3 Å². The summed E-state index contributed by atoms with van der Waals surface area (Å²) in [4.78, 5) is 15.0. The number of rotatable bonds is 4.